The second-order valence-electron chi connectivity index (χ2n) is 8.15. The highest BCUT2D eigenvalue weighted by Crippen LogP contribution is 2.33. The van der Waals surface area contributed by atoms with Gasteiger partial charge < -0.3 is 9.88 Å². The van der Waals surface area contributed by atoms with E-state index in [1.54, 1.807) is 16.2 Å². The molecule has 1 saturated heterocycles. The van der Waals surface area contributed by atoms with E-state index in [9.17, 15) is 14.4 Å². The van der Waals surface area contributed by atoms with Gasteiger partial charge in [0.2, 0.25) is 0 Å². The number of aromatic amines is 1. The molecule has 1 aliphatic heterocycles. The second kappa shape index (κ2) is 8.01. The first-order chi connectivity index (χ1) is 15.0. The second-order valence-corrected chi connectivity index (χ2v) is 9.24. The molecule has 31 heavy (non-hydrogen) atoms. The molecule has 1 fully saturated rings. The van der Waals surface area contributed by atoms with Crippen molar-refractivity contribution in [3.63, 3.8) is 0 Å². The average Bonchev–Trinajstić information content (AvgIpc) is 3.14. The molecular formula is C21H24N6O3S. The van der Waals surface area contributed by atoms with E-state index < -0.39 is 0 Å². The van der Waals surface area contributed by atoms with Gasteiger partial charge in [-0.15, -0.1) is 11.3 Å². The molecule has 3 aromatic rings. The van der Waals surface area contributed by atoms with Crippen LogP contribution < -0.4 is 11.1 Å². The van der Waals surface area contributed by atoms with Crippen molar-refractivity contribution in [2.24, 2.45) is 7.05 Å². The highest BCUT2D eigenvalue weighted by molar-refractivity contribution is 7.18. The number of carbonyl (C=O) groups is 1. The Labute approximate surface area is 182 Å². The summed E-state index contributed by atoms with van der Waals surface area (Å²) in [6, 6.07) is 2.83. The van der Waals surface area contributed by atoms with E-state index in [4.69, 9.17) is 4.98 Å². The molecule has 162 valence electrons. The predicted molar refractivity (Wildman–Crippen MR) is 118 cm³/mol. The quantitative estimate of drug-likeness (QED) is 0.649. The molecule has 9 nitrogen and oxygen atoms in total. The summed E-state index contributed by atoms with van der Waals surface area (Å²) in [5.41, 5.74) is 1.19. The Hall–Kier alpha value is -2.85. The lowest BCUT2D eigenvalue weighted by Crippen LogP contribution is -2.48. The molecule has 0 unspecified atom stereocenters. The Balaban J connectivity index is 1.27. The van der Waals surface area contributed by atoms with Crippen LogP contribution in [0, 0.1) is 0 Å². The Kier molecular flexibility index (Phi) is 5.19. The first-order valence-corrected chi connectivity index (χ1v) is 11.4. The van der Waals surface area contributed by atoms with Gasteiger partial charge in [-0.05, 0) is 37.3 Å². The summed E-state index contributed by atoms with van der Waals surface area (Å²) in [5, 5.41) is 4.83. The summed E-state index contributed by atoms with van der Waals surface area (Å²) in [6.45, 7) is 3.03. The number of H-pyrrole nitrogens is 1. The minimum absolute atomic E-state index is 0.0334. The largest absolute Gasteiger partial charge is 0.335 e. The van der Waals surface area contributed by atoms with Crippen molar-refractivity contribution in [1.29, 1.82) is 0 Å². The van der Waals surface area contributed by atoms with E-state index in [2.05, 4.69) is 15.0 Å². The molecule has 0 radical (unpaired) electrons. The first-order valence-electron chi connectivity index (χ1n) is 10.6. The molecule has 10 heteroatoms. The van der Waals surface area contributed by atoms with Gasteiger partial charge in [0.25, 0.3) is 17.0 Å². The molecule has 1 aliphatic carbocycles. The fourth-order valence-corrected chi connectivity index (χ4v) is 5.66. The van der Waals surface area contributed by atoms with Crippen molar-refractivity contribution < 1.29 is 4.79 Å². The molecule has 3 aromatic heterocycles. The smallest absolute Gasteiger partial charge is 0.274 e. The minimum Gasteiger partial charge on any atom is -0.335 e. The Morgan fingerprint density at radius 2 is 1.90 bits per heavy atom. The molecule has 5 rings (SSSR count). The zero-order valence-electron chi connectivity index (χ0n) is 17.4. The molecule has 2 aliphatic rings. The third-order valence-electron chi connectivity index (χ3n) is 6.09. The van der Waals surface area contributed by atoms with Gasteiger partial charge in [-0.3, -0.25) is 19.3 Å². The lowest BCUT2D eigenvalue weighted by molar-refractivity contribution is 0.0617. The lowest BCUT2D eigenvalue weighted by Gasteiger charge is -2.34. The number of aryl methyl sites for hydroxylation is 3. The van der Waals surface area contributed by atoms with Gasteiger partial charge in [-0.1, -0.05) is 0 Å². The van der Waals surface area contributed by atoms with Crippen molar-refractivity contribution in [2.45, 2.75) is 32.2 Å². The van der Waals surface area contributed by atoms with Crippen LogP contribution in [0.15, 0.2) is 21.7 Å². The maximum atomic E-state index is 12.7. The fraction of sp³-hybridized carbons (Fsp3) is 0.476. The van der Waals surface area contributed by atoms with Crippen LogP contribution >= 0.6 is 11.3 Å². The van der Waals surface area contributed by atoms with Crippen molar-refractivity contribution in [2.75, 3.05) is 26.2 Å². The molecule has 1 amide bonds. The van der Waals surface area contributed by atoms with Gasteiger partial charge in [-0.25, -0.2) is 9.67 Å². The van der Waals surface area contributed by atoms with Crippen LogP contribution in [-0.4, -0.2) is 61.6 Å². The minimum atomic E-state index is -0.244. The van der Waals surface area contributed by atoms with E-state index >= 15 is 0 Å². The highest BCUT2D eigenvalue weighted by Gasteiger charge is 2.25. The molecule has 0 saturated carbocycles. The molecule has 0 bridgehead atoms. The van der Waals surface area contributed by atoms with Crippen LogP contribution in [0.3, 0.4) is 0 Å². The van der Waals surface area contributed by atoms with E-state index in [0.29, 0.717) is 38.5 Å². The molecule has 0 spiro atoms. The number of amides is 1. The third kappa shape index (κ3) is 3.81. The van der Waals surface area contributed by atoms with Gasteiger partial charge in [0.1, 0.15) is 16.3 Å². The van der Waals surface area contributed by atoms with Crippen LogP contribution in [0.2, 0.25) is 0 Å². The van der Waals surface area contributed by atoms with Crippen LogP contribution in [0.5, 0.6) is 0 Å². The zero-order chi connectivity index (χ0) is 21.5. The van der Waals surface area contributed by atoms with E-state index in [1.807, 2.05) is 0 Å². The third-order valence-corrected chi connectivity index (χ3v) is 7.27. The summed E-state index contributed by atoms with van der Waals surface area (Å²) in [5.74, 6) is 0.503. The van der Waals surface area contributed by atoms with E-state index in [0.717, 1.165) is 29.5 Å². The number of fused-ring (bicyclic) bond motifs is 3. The van der Waals surface area contributed by atoms with Crippen LogP contribution in [0.1, 0.15) is 39.6 Å². The SMILES string of the molecule is Cn1nc(C(=O)N2CCN(Cc3nc4sc5c(c4c(=O)[nH]3)CCCC5)CC2)ccc1=O. The van der Waals surface area contributed by atoms with E-state index in [1.165, 1.54) is 40.7 Å². The van der Waals surface area contributed by atoms with E-state index in [-0.39, 0.29) is 22.7 Å². The van der Waals surface area contributed by atoms with Crippen molar-refractivity contribution >= 4 is 27.5 Å². The molecule has 4 heterocycles. The molecular weight excluding hydrogens is 416 g/mol. The van der Waals surface area contributed by atoms with Crippen molar-refractivity contribution in [3.8, 4) is 0 Å². The summed E-state index contributed by atoms with van der Waals surface area (Å²) < 4.78 is 1.17. The zero-order valence-corrected chi connectivity index (χ0v) is 18.2. The van der Waals surface area contributed by atoms with Crippen molar-refractivity contribution in [3.05, 3.63) is 54.8 Å². The topological polar surface area (TPSA) is 104 Å². The number of rotatable bonds is 3. The Morgan fingerprint density at radius 1 is 1.13 bits per heavy atom. The molecule has 0 aromatic carbocycles. The standard InChI is InChI=1S/C21H24N6O3S/c1-25-17(28)7-6-14(24-25)21(30)27-10-8-26(9-11-27)12-16-22-19(29)18-13-4-2-3-5-15(13)31-20(18)23-16/h6-7H,2-5,8-12H2,1H3,(H,22,23,29). The lowest BCUT2D eigenvalue weighted by atomic mass is 9.97. The Bertz CT molecular complexity index is 1270. The molecule has 0 atom stereocenters. The maximum absolute atomic E-state index is 12.7. The number of aromatic nitrogens is 4. The normalized spacial score (nSPS) is 17.1. The van der Waals surface area contributed by atoms with Crippen molar-refractivity contribution in [1.82, 2.24) is 29.5 Å². The van der Waals surface area contributed by atoms with Gasteiger partial charge in [-0.2, -0.15) is 5.10 Å². The number of nitrogens with one attached hydrogen (secondary N) is 1. The Morgan fingerprint density at radius 3 is 2.68 bits per heavy atom. The fourth-order valence-electron chi connectivity index (χ4n) is 4.38. The summed E-state index contributed by atoms with van der Waals surface area (Å²) >= 11 is 1.66. The predicted octanol–water partition coefficient (Wildman–Crippen LogP) is 0.915. The number of nitrogens with zero attached hydrogens (tertiary/aromatic N) is 5. The van der Waals surface area contributed by atoms with Gasteiger partial charge in [0.15, 0.2) is 0 Å². The number of thiophene rings is 1. The van der Waals surface area contributed by atoms with Crippen LogP contribution in [0.25, 0.3) is 10.2 Å². The summed E-state index contributed by atoms with van der Waals surface area (Å²) in [4.78, 5) is 50.7. The number of hydrogen-bond acceptors (Lipinski definition) is 7. The van der Waals surface area contributed by atoms with Gasteiger partial charge in [0.05, 0.1) is 11.9 Å². The number of carbonyl (C=O) groups excluding carboxylic acids is 1. The highest BCUT2D eigenvalue weighted by atomic mass is 32.1. The van der Waals surface area contributed by atoms with Gasteiger partial charge >= 0.3 is 0 Å². The molecule has 1 N–H and O–H groups in total. The number of hydrogen-bond donors (Lipinski definition) is 1. The summed E-state index contributed by atoms with van der Waals surface area (Å²) in [7, 11) is 1.53. The average molecular weight is 441 g/mol. The van der Waals surface area contributed by atoms with Crippen LogP contribution in [-0.2, 0) is 26.4 Å². The monoisotopic (exact) mass is 440 g/mol. The first kappa shape index (κ1) is 20.1. The van der Waals surface area contributed by atoms with Gasteiger partial charge in [0, 0.05) is 44.2 Å². The maximum Gasteiger partial charge on any atom is 0.274 e. The van der Waals surface area contributed by atoms with Crippen LogP contribution in [0.4, 0.5) is 0 Å². The number of piperazine rings is 1. The summed E-state index contributed by atoms with van der Waals surface area (Å²) in [6.07, 6.45) is 4.34.